The minimum Gasteiger partial charge on any atom is -0.491 e. The average molecular weight is 353 g/mol. The van der Waals surface area contributed by atoms with E-state index in [9.17, 15) is 4.79 Å². The molecule has 1 aliphatic heterocycles. The van der Waals surface area contributed by atoms with Gasteiger partial charge in [0.2, 0.25) is 0 Å². The first kappa shape index (κ1) is 18.5. The van der Waals surface area contributed by atoms with Gasteiger partial charge in [-0.1, -0.05) is 31.2 Å². The molecule has 26 heavy (non-hydrogen) atoms. The Bertz CT molecular complexity index is 703. The third kappa shape index (κ3) is 4.85. The molecule has 2 aromatic rings. The second-order valence-corrected chi connectivity index (χ2v) is 6.80. The van der Waals surface area contributed by atoms with E-state index >= 15 is 0 Å². The molecule has 4 heteroatoms. The molecule has 1 heterocycles. The zero-order valence-corrected chi connectivity index (χ0v) is 15.6. The Kier molecular flexibility index (Phi) is 6.29. The van der Waals surface area contributed by atoms with Gasteiger partial charge in [-0.05, 0) is 54.7 Å². The van der Waals surface area contributed by atoms with Crippen LogP contribution >= 0.6 is 0 Å². The fraction of sp³-hybridized carbons (Fsp3) is 0.409. The zero-order valence-electron chi connectivity index (χ0n) is 15.6. The molecule has 1 fully saturated rings. The monoisotopic (exact) mass is 353 g/mol. The second kappa shape index (κ2) is 8.86. The fourth-order valence-corrected chi connectivity index (χ4v) is 3.11. The Morgan fingerprint density at radius 2 is 1.81 bits per heavy atom. The first-order valence-electron chi connectivity index (χ1n) is 9.33. The van der Waals surface area contributed by atoms with Crippen LogP contribution < -0.4 is 4.74 Å². The van der Waals surface area contributed by atoms with Gasteiger partial charge in [-0.2, -0.15) is 0 Å². The van der Waals surface area contributed by atoms with Gasteiger partial charge in [0.15, 0.2) is 0 Å². The number of carbonyl (C=O) groups excluding carboxylic acids is 1. The van der Waals surface area contributed by atoms with Gasteiger partial charge in [-0.15, -0.1) is 0 Å². The van der Waals surface area contributed by atoms with Crippen molar-refractivity contribution in [2.24, 2.45) is 0 Å². The van der Waals surface area contributed by atoms with Crippen molar-refractivity contribution in [2.45, 2.75) is 38.8 Å². The Morgan fingerprint density at radius 1 is 1.12 bits per heavy atom. The Morgan fingerprint density at radius 3 is 2.42 bits per heavy atom. The van der Waals surface area contributed by atoms with Crippen molar-refractivity contribution < 1.29 is 14.3 Å². The molecule has 1 amide bonds. The molecule has 0 saturated carbocycles. The molecule has 3 rings (SSSR count). The van der Waals surface area contributed by atoms with E-state index in [-0.39, 0.29) is 12.0 Å². The molecule has 0 N–H and O–H groups in total. The third-order valence-corrected chi connectivity index (χ3v) is 4.76. The van der Waals surface area contributed by atoms with Crippen LogP contribution in [0, 0.1) is 0 Å². The lowest BCUT2D eigenvalue weighted by Crippen LogP contribution is -2.26. The zero-order chi connectivity index (χ0) is 18.4. The fourth-order valence-electron chi connectivity index (χ4n) is 3.11. The molecular formula is C22H27NO3. The van der Waals surface area contributed by atoms with E-state index in [0.717, 1.165) is 37.2 Å². The summed E-state index contributed by atoms with van der Waals surface area (Å²) in [4.78, 5) is 14.4. The van der Waals surface area contributed by atoms with Crippen molar-refractivity contribution in [1.29, 1.82) is 0 Å². The maximum absolute atomic E-state index is 12.6. The Hall–Kier alpha value is -2.33. The summed E-state index contributed by atoms with van der Waals surface area (Å²) in [6, 6.07) is 15.8. The number of carbonyl (C=O) groups is 1. The third-order valence-electron chi connectivity index (χ3n) is 4.76. The van der Waals surface area contributed by atoms with Crippen molar-refractivity contribution in [2.75, 3.05) is 20.3 Å². The molecule has 4 nitrogen and oxygen atoms in total. The molecule has 1 unspecified atom stereocenters. The summed E-state index contributed by atoms with van der Waals surface area (Å²) >= 11 is 0. The van der Waals surface area contributed by atoms with Gasteiger partial charge in [-0.25, -0.2) is 0 Å². The van der Waals surface area contributed by atoms with E-state index in [1.165, 1.54) is 5.56 Å². The van der Waals surface area contributed by atoms with Crippen molar-refractivity contribution >= 4 is 5.91 Å². The molecule has 2 aromatic carbocycles. The average Bonchev–Trinajstić information content (AvgIpc) is 3.20. The van der Waals surface area contributed by atoms with E-state index in [0.29, 0.717) is 18.7 Å². The molecule has 1 aliphatic rings. The van der Waals surface area contributed by atoms with E-state index < -0.39 is 0 Å². The Labute approximate surface area is 155 Å². The van der Waals surface area contributed by atoms with Crippen LogP contribution in [-0.2, 0) is 17.7 Å². The number of aryl methyl sites for hydroxylation is 1. The van der Waals surface area contributed by atoms with E-state index in [2.05, 4.69) is 31.2 Å². The van der Waals surface area contributed by atoms with Crippen LogP contribution in [0.2, 0.25) is 0 Å². The van der Waals surface area contributed by atoms with E-state index in [4.69, 9.17) is 9.47 Å². The smallest absolute Gasteiger partial charge is 0.253 e. The summed E-state index contributed by atoms with van der Waals surface area (Å²) in [5.41, 5.74) is 3.11. The van der Waals surface area contributed by atoms with Crippen LogP contribution in [0.15, 0.2) is 48.5 Å². The first-order valence-corrected chi connectivity index (χ1v) is 9.33. The standard InChI is InChI=1S/C22H27NO3/c1-3-17-6-8-18(9-7-17)15-23(2)22(24)19-10-12-20(13-11-19)26-16-21-5-4-14-25-21/h6-13,21H,3-5,14-16H2,1-2H3. The molecule has 0 radical (unpaired) electrons. The van der Waals surface area contributed by atoms with Crippen LogP contribution in [0.5, 0.6) is 5.75 Å². The summed E-state index contributed by atoms with van der Waals surface area (Å²) in [6.45, 7) is 4.13. The molecule has 0 aliphatic carbocycles. The molecule has 1 atom stereocenters. The topological polar surface area (TPSA) is 38.8 Å². The normalized spacial score (nSPS) is 16.5. The van der Waals surface area contributed by atoms with E-state index in [1.807, 2.05) is 31.3 Å². The molecule has 0 aromatic heterocycles. The number of rotatable bonds is 7. The van der Waals surface area contributed by atoms with Crippen molar-refractivity contribution in [3.8, 4) is 5.75 Å². The highest BCUT2D eigenvalue weighted by Crippen LogP contribution is 2.18. The van der Waals surface area contributed by atoms with Crippen molar-refractivity contribution in [1.82, 2.24) is 4.90 Å². The Balaban J connectivity index is 1.54. The maximum atomic E-state index is 12.6. The summed E-state index contributed by atoms with van der Waals surface area (Å²) in [5, 5.41) is 0. The second-order valence-electron chi connectivity index (χ2n) is 6.80. The van der Waals surface area contributed by atoms with Gasteiger partial charge in [0.25, 0.3) is 5.91 Å². The summed E-state index contributed by atoms with van der Waals surface area (Å²) < 4.78 is 11.3. The number of hydrogen-bond donors (Lipinski definition) is 0. The van der Waals surface area contributed by atoms with Crippen LogP contribution in [-0.4, -0.2) is 37.2 Å². The van der Waals surface area contributed by atoms with Gasteiger partial charge >= 0.3 is 0 Å². The first-order chi connectivity index (χ1) is 12.7. The van der Waals surface area contributed by atoms with Crippen molar-refractivity contribution in [3.63, 3.8) is 0 Å². The quantitative estimate of drug-likeness (QED) is 0.753. The van der Waals surface area contributed by atoms with Crippen LogP contribution in [0.3, 0.4) is 0 Å². The lowest BCUT2D eigenvalue weighted by atomic mass is 10.1. The van der Waals surface area contributed by atoms with Gasteiger partial charge in [-0.3, -0.25) is 4.79 Å². The lowest BCUT2D eigenvalue weighted by Gasteiger charge is -2.18. The SMILES string of the molecule is CCc1ccc(CN(C)C(=O)c2ccc(OCC3CCCO3)cc2)cc1. The summed E-state index contributed by atoms with van der Waals surface area (Å²) in [5.74, 6) is 0.783. The molecule has 1 saturated heterocycles. The van der Waals surface area contributed by atoms with Gasteiger partial charge in [0.05, 0.1) is 6.10 Å². The van der Waals surface area contributed by atoms with Crippen LogP contribution in [0.1, 0.15) is 41.3 Å². The number of nitrogens with zero attached hydrogens (tertiary/aromatic N) is 1. The lowest BCUT2D eigenvalue weighted by molar-refractivity contribution is 0.0679. The van der Waals surface area contributed by atoms with Crippen molar-refractivity contribution in [3.05, 3.63) is 65.2 Å². The molecule has 0 bridgehead atoms. The number of hydrogen-bond acceptors (Lipinski definition) is 3. The predicted octanol–water partition coefficient (Wildman–Crippen LogP) is 4.08. The van der Waals surface area contributed by atoms with E-state index in [1.54, 1.807) is 4.90 Å². The molecule has 0 spiro atoms. The minimum atomic E-state index is 0.00949. The highest BCUT2D eigenvalue weighted by molar-refractivity contribution is 5.94. The minimum absolute atomic E-state index is 0.00949. The number of ether oxygens (including phenoxy) is 2. The summed E-state index contributed by atoms with van der Waals surface area (Å²) in [7, 11) is 1.83. The largest absolute Gasteiger partial charge is 0.491 e. The van der Waals surface area contributed by atoms with Crippen LogP contribution in [0.25, 0.3) is 0 Å². The van der Waals surface area contributed by atoms with Gasteiger partial charge in [0, 0.05) is 25.8 Å². The maximum Gasteiger partial charge on any atom is 0.253 e. The number of benzene rings is 2. The highest BCUT2D eigenvalue weighted by Gasteiger charge is 2.16. The molecular weight excluding hydrogens is 326 g/mol. The van der Waals surface area contributed by atoms with Gasteiger partial charge < -0.3 is 14.4 Å². The summed E-state index contributed by atoms with van der Waals surface area (Å²) in [6.07, 6.45) is 3.38. The van der Waals surface area contributed by atoms with Gasteiger partial charge in [0.1, 0.15) is 12.4 Å². The molecule has 138 valence electrons. The highest BCUT2D eigenvalue weighted by atomic mass is 16.5. The van der Waals surface area contributed by atoms with Crippen LogP contribution in [0.4, 0.5) is 0 Å². The predicted molar refractivity (Wildman–Crippen MR) is 103 cm³/mol. The number of amides is 1.